The molecule has 1 aromatic carbocycles. The zero-order chi connectivity index (χ0) is 17.2. The van der Waals surface area contributed by atoms with Crippen molar-refractivity contribution in [3.8, 4) is 5.75 Å². The fourth-order valence-electron chi connectivity index (χ4n) is 2.64. The van der Waals surface area contributed by atoms with Crippen molar-refractivity contribution in [3.05, 3.63) is 47.6 Å². The van der Waals surface area contributed by atoms with Gasteiger partial charge in [-0.2, -0.15) is 0 Å². The molecule has 0 fully saturated rings. The van der Waals surface area contributed by atoms with Gasteiger partial charge in [0.2, 0.25) is 5.91 Å². The molecule has 1 aromatic rings. The molecule has 2 N–H and O–H groups in total. The summed E-state index contributed by atoms with van der Waals surface area (Å²) in [7, 11) is 1.60. The van der Waals surface area contributed by atoms with Gasteiger partial charge in [-0.3, -0.25) is 10.1 Å². The first-order valence-electron chi connectivity index (χ1n) is 8.27. The van der Waals surface area contributed by atoms with Gasteiger partial charge in [-0.05, 0) is 56.5 Å². The SMILES string of the molecule is COc1ccccc1C=CC(=O)NC(=S)NCCC1=CCCCC1. The van der Waals surface area contributed by atoms with Crippen LogP contribution in [0.15, 0.2) is 42.0 Å². The van der Waals surface area contributed by atoms with Crippen molar-refractivity contribution in [2.24, 2.45) is 0 Å². The number of benzene rings is 1. The second-order valence-corrected chi connectivity index (χ2v) is 6.09. The van der Waals surface area contributed by atoms with E-state index in [0.29, 0.717) is 5.11 Å². The molecule has 0 aromatic heterocycles. The minimum Gasteiger partial charge on any atom is -0.496 e. The fourth-order valence-corrected chi connectivity index (χ4v) is 2.84. The lowest BCUT2D eigenvalue weighted by molar-refractivity contribution is -0.115. The van der Waals surface area contributed by atoms with Crippen molar-refractivity contribution in [1.29, 1.82) is 0 Å². The topological polar surface area (TPSA) is 50.4 Å². The second-order valence-electron chi connectivity index (χ2n) is 5.68. The Hall–Kier alpha value is -2.14. The predicted octanol–water partition coefficient (Wildman–Crippen LogP) is 3.59. The highest BCUT2D eigenvalue weighted by molar-refractivity contribution is 7.80. The smallest absolute Gasteiger partial charge is 0.250 e. The van der Waals surface area contributed by atoms with Crippen LogP contribution in [0.4, 0.5) is 0 Å². The van der Waals surface area contributed by atoms with Crippen LogP contribution in [0, 0.1) is 0 Å². The minimum absolute atomic E-state index is 0.254. The highest BCUT2D eigenvalue weighted by Crippen LogP contribution is 2.19. The maximum Gasteiger partial charge on any atom is 0.250 e. The summed E-state index contributed by atoms with van der Waals surface area (Å²) in [4.78, 5) is 11.9. The van der Waals surface area contributed by atoms with Crippen LogP contribution in [0.5, 0.6) is 5.75 Å². The summed E-state index contributed by atoms with van der Waals surface area (Å²) in [5.41, 5.74) is 2.33. The average Bonchev–Trinajstić information content (AvgIpc) is 2.61. The second kappa shape index (κ2) is 9.88. The highest BCUT2D eigenvalue weighted by Gasteiger charge is 2.05. The quantitative estimate of drug-likeness (QED) is 0.470. The van der Waals surface area contributed by atoms with Crippen LogP contribution in [-0.2, 0) is 4.79 Å². The van der Waals surface area contributed by atoms with Gasteiger partial charge in [0.15, 0.2) is 5.11 Å². The lowest BCUT2D eigenvalue weighted by Crippen LogP contribution is -2.38. The third-order valence-corrected chi connectivity index (χ3v) is 4.15. The molecular weight excluding hydrogens is 320 g/mol. The molecule has 0 heterocycles. The van der Waals surface area contributed by atoms with Gasteiger partial charge in [0, 0.05) is 18.2 Å². The van der Waals surface area contributed by atoms with Gasteiger partial charge in [0.25, 0.3) is 0 Å². The van der Waals surface area contributed by atoms with E-state index in [0.717, 1.165) is 24.3 Å². The predicted molar refractivity (Wildman–Crippen MR) is 102 cm³/mol. The fraction of sp³-hybridized carbons (Fsp3) is 0.368. The zero-order valence-electron chi connectivity index (χ0n) is 14.0. The first kappa shape index (κ1) is 18.2. The summed E-state index contributed by atoms with van der Waals surface area (Å²) in [5, 5.41) is 6.10. The van der Waals surface area contributed by atoms with E-state index in [2.05, 4.69) is 16.7 Å². The van der Waals surface area contributed by atoms with Crippen molar-refractivity contribution in [2.45, 2.75) is 32.1 Å². The van der Waals surface area contributed by atoms with Crippen LogP contribution in [0.3, 0.4) is 0 Å². The Bertz CT molecular complexity index is 638. The number of carbonyl (C=O) groups excluding carboxylic acids is 1. The molecule has 0 aliphatic heterocycles. The minimum atomic E-state index is -0.254. The van der Waals surface area contributed by atoms with Crippen molar-refractivity contribution in [2.75, 3.05) is 13.7 Å². The van der Waals surface area contributed by atoms with Crippen LogP contribution in [0.1, 0.15) is 37.7 Å². The van der Waals surface area contributed by atoms with E-state index in [4.69, 9.17) is 17.0 Å². The van der Waals surface area contributed by atoms with Crippen LogP contribution in [0.25, 0.3) is 6.08 Å². The van der Waals surface area contributed by atoms with E-state index < -0.39 is 0 Å². The van der Waals surface area contributed by atoms with Gasteiger partial charge in [0.05, 0.1) is 7.11 Å². The Kier molecular flexibility index (Phi) is 7.49. The third-order valence-electron chi connectivity index (χ3n) is 3.91. The molecule has 0 bridgehead atoms. The van der Waals surface area contributed by atoms with E-state index in [1.807, 2.05) is 24.3 Å². The van der Waals surface area contributed by atoms with Crippen LogP contribution in [-0.4, -0.2) is 24.7 Å². The third kappa shape index (κ3) is 6.16. The number of thiocarbonyl (C=S) groups is 1. The van der Waals surface area contributed by atoms with E-state index >= 15 is 0 Å². The Labute approximate surface area is 149 Å². The largest absolute Gasteiger partial charge is 0.496 e. The molecule has 2 rings (SSSR count). The maximum atomic E-state index is 11.9. The number of amides is 1. The first-order chi connectivity index (χ1) is 11.7. The molecule has 1 aliphatic carbocycles. The van der Waals surface area contributed by atoms with Gasteiger partial charge in [-0.25, -0.2) is 0 Å². The number of allylic oxidation sites excluding steroid dienone is 1. The van der Waals surface area contributed by atoms with Crippen molar-refractivity contribution in [1.82, 2.24) is 10.6 Å². The molecule has 0 radical (unpaired) electrons. The molecule has 1 amide bonds. The summed E-state index contributed by atoms with van der Waals surface area (Å²) in [6.45, 7) is 0.751. The number of hydrogen-bond acceptors (Lipinski definition) is 3. The Morgan fingerprint density at radius 1 is 1.33 bits per heavy atom. The number of rotatable bonds is 6. The normalized spacial score (nSPS) is 14.1. The average molecular weight is 344 g/mol. The van der Waals surface area contributed by atoms with E-state index in [-0.39, 0.29) is 5.91 Å². The maximum absolute atomic E-state index is 11.9. The van der Waals surface area contributed by atoms with Crippen molar-refractivity contribution >= 4 is 29.3 Å². The van der Waals surface area contributed by atoms with Gasteiger partial charge in [-0.1, -0.05) is 29.8 Å². The van der Waals surface area contributed by atoms with Gasteiger partial charge in [0.1, 0.15) is 5.75 Å². The number of ether oxygens (including phenoxy) is 1. The molecule has 5 heteroatoms. The Morgan fingerprint density at radius 3 is 2.92 bits per heavy atom. The van der Waals surface area contributed by atoms with E-state index in [1.54, 1.807) is 13.2 Å². The molecular formula is C19H24N2O2S. The molecule has 128 valence electrons. The summed E-state index contributed by atoms with van der Waals surface area (Å²) >= 11 is 5.16. The number of methoxy groups -OCH3 is 1. The van der Waals surface area contributed by atoms with Gasteiger partial charge in [-0.15, -0.1) is 0 Å². The summed E-state index contributed by atoms with van der Waals surface area (Å²) in [6.07, 6.45) is 11.4. The molecule has 24 heavy (non-hydrogen) atoms. The van der Waals surface area contributed by atoms with Crippen LogP contribution in [0.2, 0.25) is 0 Å². The highest BCUT2D eigenvalue weighted by atomic mass is 32.1. The number of carbonyl (C=O) groups is 1. The van der Waals surface area contributed by atoms with Crippen LogP contribution >= 0.6 is 12.2 Å². The first-order valence-corrected chi connectivity index (χ1v) is 8.67. The number of hydrogen-bond donors (Lipinski definition) is 2. The Balaban J connectivity index is 1.74. The van der Waals surface area contributed by atoms with E-state index in [9.17, 15) is 4.79 Å². The number of nitrogens with one attached hydrogen (secondary N) is 2. The lowest BCUT2D eigenvalue weighted by atomic mass is 9.97. The van der Waals surface area contributed by atoms with E-state index in [1.165, 1.54) is 37.3 Å². The Morgan fingerprint density at radius 2 is 2.17 bits per heavy atom. The lowest BCUT2D eigenvalue weighted by Gasteiger charge is -2.13. The monoisotopic (exact) mass is 344 g/mol. The molecule has 4 nitrogen and oxygen atoms in total. The standard InChI is InChI=1S/C19H24N2O2S/c1-23-17-10-6-5-9-16(17)11-12-18(22)21-19(24)20-14-13-15-7-3-2-4-8-15/h5-7,9-12H,2-4,8,13-14H2,1H3,(H2,20,21,22,24). The molecule has 1 aliphatic rings. The molecule has 0 spiro atoms. The van der Waals surface area contributed by atoms with Gasteiger partial charge < -0.3 is 10.1 Å². The molecule has 0 atom stereocenters. The summed E-state index contributed by atoms with van der Waals surface area (Å²) in [5.74, 6) is 0.471. The summed E-state index contributed by atoms with van der Waals surface area (Å²) < 4.78 is 5.24. The van der Waals surface area contributed by atoms with Crippen molar-refractivity contribution in [3.63, 3.8) is 0 Å². The zero-order valence-corrected chi connectivity index (χ0v) is 14.8. The molecule has 0 unspecified atom stereocenters. The van der Waals surface area contributed by atoms with Crippen LogP contribution < -0.4 is 15.4 Å². The van der Waals surface area contributed by atoms with Gasteiger partial charge >= 0.3 is 0 Å². The molecule has 0 saturated carbocycles. The summed E-state index contributed by atoms with van der Waals surface area (Å²) in [6, 6.07) is 7.52. The molecule has 0 saturated heterocycles. The van der Waals surface area contributed by atoms with Crippen molar-refractivity contribution < 1.29 is 9.53 Å². The number of para-hydroxylation sites is 1.